The molecule has 1 aromatic heterocycles. The molecule has 1 N–H and O–H groups in total. The molecule has 0 spiro atoms. The van der Waals surface area contributed by atoms with E-state index >= 15 is 0 Å². The summed E-state index contributed by atoms with van der Waals surface area (Å²) in [6.45, 7) is 0. The normalized spacial score (nSPS) is 12.2. The Morgan fingerprint density at radius 2 is 1.60 bits per heavy atom. The maximum atomic E-state index is 4.46. The Kier molecular flexibility index (Phi) is 4.17. The highest BCUT2D eigenvalue weighted by Gasteiger charge is 2.18. The van der Waals surface area contributed by atoms with Gasteiger partial charge in [0.05, 0.1) is 11.6 Å². The van der Waals surface area contributed by atoms with Crippen LogP contribution in [0.15, 0.2) is 78.9 Å². The van der Waals surface area contributed by atoms with Crippen LogP contribution < -0.4 is 5.32 Å². The van der Waals surface area contributed by atoms with Crippen LogP contribution in [-0.2, 0) is 6.42 Å². The molecule has 4 rings (SSSR count). The molecule has 124 valence electrons. The SMILES string of the molecule is CNc1ccc(C(Cc2ccccc2)n2nnc3ccccc32)cc1. The van der Waals surface area contributed by atoms with Gasteiger partial charge >= 0.3 is 0 Å². The summed E-state index contributed by atoms with van der Waals surface area (Å²) in [6, 6.07) is 27.3. The molecule has 4 nitrogen and oxygen atoms in total. The molecule has 4 aromatic rings. The highest BCUT2D eigenvalue weighted by molar-refractivity contribution is 5.74. The van der Waals surface area contributed by atoms with Crippen molar-refractivity contribution in [1.29, 1.82) is 0 Å². The predicted octanol–water partition coefficient (Wildman–Crippen LogP) is 4.31. The molecule has 0 aliphatic heterocycles. The molecule has 1 atom stereocenters. The Labute approximate surface area is 147 Å². The van der Waals surface area contributed by atoms with Crippen LogP contribution in [0.3, 0.4) is 0 Å². The van der Waals surface area contributed by atoms with E-state index in [4.69, 9.17) is 0 Å². The molecule has 25 heavy (non-hydrogen) atoms. The van der Waals surface area contributed by atoms with E-state index in [2.05, 4.69) is 70.2 Å². The van der Waals surface area contributed by atoms with E-state index in [1.807, 2.05) is 36.0 Å². The van der Waals surface area contributed by atoms with Crippen LogP contribution in [0.2, 0.25) is 0 Å². The number of nitrogens with zero attached hydrogens (tertiary/aromatic N) is 3. The molecule has 3 aromatic carbocycles. The van der Waals surface area contributed by atoms with Crippen molar-refractivity contribution < 1.29 is 0 Å². The molecule has 0 amide bonds. The molecule has 0 bridgehead atoms. The van der Waals surface area contributed by atoms with E-state index in [0.717, 1.165) is 23.1 Å². The van der Waals surface area contributed by atoms with Crippen molar-refractivity contribution in [3.8, 4) is 0 Å². The van der Waals surface area contributed by atoms with Gasteiger partial charge in [-0.3, -0.25) is 0 Å². The zero-order chi connectivity index (χ0) is 17.1. The second kappa shape index (κ2) is 6.77. The molecular formula is C21H20N4. The van der Waals surface area contributed by atoms with Gasteiger partial charge in [0.1, 0.15) is 5.52 Å². The zero-order valence-electron chi connectivity index (χ0n) is 14.1. The van der Waals surface area contributed by atoms with Crippen LogP contribution in [0, 0.1) is 0 Å². The van der Waals surface area contributed by atoms with Gasteiger partial charge in [-0.15, -0.1) is 5.10 Å². The topological polar surface area (TPSA) is 42.7 Å². The Hall–Kier alpha value is -3.14. The van der Waals surface area contributed by atoms with Crippen LogP contribution in [0.4, 0.5) is 5.69 Å². The summed E-state index contributed by atoms with van der Waals surface area (Å²) in [5, 5.41) is 12.0. The van der Waals surface area contributed by atoms with E-state index in [9.17, 15) is 0 Å². The first kappa shape index (κ1) is 15.4. The summed E-state index contributed by atoms with van der Waals surface area (Å²) < 4.78 is 2.04. The van der Waals surface area contributed by atoms with Gasteiger partial charge in [-0.1, -0.05) is 59.8 Å². The second-order valence-electron chi connectivity index (χ2n) is 6.10. The van der Waals surface area contributed by atoms with Gasteiger partial charge < -0.3 is 5.32 Å². The molecule has 0 saturated carbocycles. The summed E-state index contributed by atoms with van der Waals surface area (Å²) in [6.07, 6.45) is 0.868. The number of hydrogen-bond donors (Lipinski definition) is 1. The average molecular weight is 328 g/mol. The molecule has 1 unspecified atom stereocenters. The molecule has 0 saturated heterocycles. The molecule has 0 aliphatic rings. The minimum absolute atomic E-state index is 0.0979. The smallest absolute Gasteiger partial charge is 0.113 e. The molecule has 0 aliphatic carbocycles. The van der Waals surface area contributed by atoms with E-state index in [1.165, 1.54) is 11.1 Å². The maximum Gasteiger partial charge on any atom is 0.113 e. The van der Waals surface area contributed by atoms with Crippen molar-refractivity contribution in [3.05, 3.63) is 90.0 Å². The second-order valence-corrected chi connectivity index (χ2v) is 6.10. The monoisotopic (exact) mass is 328 g/mol. The lowest BCUT2D eigenvalue weighted by Gasteiger charge is -2.19. The molecule has 4 heteroatoms. The maximum absolute atomic E-state index is 4.46. The van der Waals surface area contributed by atoms with E-state index in [0.29, 0.717) is 0 Å². The number of anilines is 1. The summed E-state index contributed by atoms with van der Waals surface area (Å²) >= 11 is 0. The zero-order valence-corrected chi connectivity index (χ0v) is 14.1. The van der Waals surface area contributed by atoms with E-state index < -0.39 is 0 Å². The highest BCUT2D eigenvalue weighted by Crippen LogP contribution is 2.27. The van der Waals surface area contributed by atoms with Gasteiger partial charge in [0.25, 0.3) is 0 Å². The van der Waals surface area contributed by atoms with Gasteiger partial charge in [-0.25, -0.2) is 4.68 Å². The van der Waals surface area contributed by atoms with Gasteiger partial charge in [0, 0.05) is 12.7 Å². The van der Waals surface area contributed by atoms with E-state index in [-0.39, 0.29) is 6.04 Å². The van der Waals surface area contributed by atoms with Crippen LogP contribution in [0.1, 0.15) is 17.2 Å². The van der Waals surface area contributed by atoms with Crippen molar-refractivity contribution in [1.82, 2.24) is 15.0 Å². The van der Waals surface area contributed by atoms with Crippen LogP contribution in [-0.4, -0.2) is 22.0 Å². The average Bonchev–Trinajstić information content (AvgIpc) is 3.11. The summed E-state index contributed by atoms with van der Waals surface area (Å²) in [5.74, 6) is 0. The number of para-hydroxylation sites is 1. The molecule has 1 heterocycles. The number of benzene rings is 3. The lowest BCUT2D eigenvalue weighted by atomic mass is 9.98. The number of rotatable bonds is 5. The fourth-order valence-electron chi connectivity index (χ4n) is 3.17. The minimum atomic E-state index is 0.0979. The number of aromatic nitrogens is 3. The molecule has 0 fully saturated rings. The first-order valence-electron chi connectivity index (χ1n) is 8.47. The first-order valence-corrected chi connectivity index (χ1v) is 8.47. The Morgan fingerprint density at radius 1 is 0.880 bits per heavy atom. The van der Waals surface area contributed by atoms with E-state index in [1.54, 1.807) is 0 Å². The van der Waals surface area contributed by atoms with Crippen molar-refractivity contribution in [2.45, 2.75) is 12.5 Å². The fourth-order valence-corrected chi connectivity index (χ4v) is 3.17. The summed E-state index contributed by atoms with van der Waals surface area (Å²) in [7, 11) is 1.93. The first-order chi connectivity index (χ1) is 12.3. The fraction of sp³-hybridized carbons (Fsp3) is 0.143. The Morgan fingerprint density at radius 3 is 2.36 bits per heavy atom. The van der Waals surface area contributed by atoms with Gasteiger partial charge in [0.2, 0.25) is 0 Å². The van der Waals surface area contributed by atoms with Crippen LogP contribution in [0.5, 0.6) is 0 Å². The summed E-state index contributed by atoms with van der Waals surface area (Å²) in [5.41, 5.74) is 5.59. The quantitative estimate of drug-likeness (QED) is 0.594. The van der Waals surface area contributed by atoms with Crippen LogP contribution >= 0.6 is 0 Å². The predicted molar refractivity (Wildman–Crippen MR) is 102 cm³/mol. The highest BCUT2D eigenvalue weighted by atomic mass is 15.4. The Balaban J connectivity index is 1.79. The minimum Gasteiger partial charge on any atom is -0.388 e. The summed E-state index contributed by atoms with van der Waals surface area (Å²) in [4.78, 5) is 0. The van der Waals surface area contributed by atoms with Crippen molar-refractivity contribution >= 4 is 16.7 Å². The third kappa shape index (κ3) is 3.11. The van der Waals surface area contributed by atoms with Crippen molar-refractivity contribution in [2.75, 3.05) is 12.4 Å². The third-order valence-electron chi connectivity index (χ3n) is 4.53. The number of fused-ring (bicyclic) bond motifs is 1. The standard InChI is InChI=1S/C21H20N4/c1-22-18-13-11-17(12-14-18)21(15-16-7-3-2-4-8-16)25-20-10-6-5-9-19(20)23-24-25/h2-14,21-22H,15H2,1H3. The Bertz CT molecular complexity index is 958. The number of hydrogen-bond acceptors (Lipinski definition) is 3. The van der Waals surface area contributed by atoms with Crippen molar-refractivity contribution in [2.24, 2.45) is 0 Å². The van der Waals surface area contributed by atoms with Gasteiger partial charge in [-0.05, 0) is 41.8 Å². The van der Waals surface area contributed by atoms with Crippen molar-refractivity contribution in [3.63, 3.8) is 0 Å². The number of nitrogens with one attached hydrogen (secondary N) is 1. The van der Waals surface area contributed by atoms with Gasteiger partial charge in [-0.2, -0.15) is 0 Å². The third-order valence-corrected chi connectivity index (χ3v) is 4.53. The van der Waals surface area contributed by atoms with Gasteiger partial charge in [0.15, 0.2) is 0 Å². The van der Waals surface area contributed by atoms with Crippen LogP contribution in [0.25, 0.3) is 11.0 Å². The molecule has 0 radical (unpaired) electrons. The molecular weight excluding hydrogens is 308 g/mol. The lowest BCUT2D eigenvalue weighted by molar-refractivity contribution is 0.518. The largest absolute Gasteiger partial charge is 0.388 e. The lowest BCUT2D eigenvalue weighted by Crippen LogP contribution is -2.15.